The van der Waals surface area contributed by atoms with Gasteiger partial charge in [0.15, 0.2) is 0 Å². The molecule has 0 saturated carbocycles. The maximum absolute atomic E-state index is 12.3. The fourth-order valence-corrected chi connectivity index (χ4v) is 2.35. The fraction of sp³-hybridized carbons (Fsp3) is 0.615. The number of piperidine rings is 1. The molecule has 2 heterocycles. The molecule has 8 heteroatoms. The number of aromatic nitrogens is 2. The minimum absolute atomic E-state index is 0.0344. The van der Waals surface area contributed by atoms with Crippen LogP contribution in [0.1, 0.15) is 18.4 Å². The van der Waals surface area contributed by atoms with Crippen LogP contribution in [-0.2, 0) is 16.1 Å². The first-order chi connectivity index (χ1) is 10.1. The third kappa shape index (κ3) is 4.45. The lowest BCUT2D eigenvalue weighted by Gasteiger charge is -2.34. The number of amides is 2. The van der Waals surface area contributed by atoms with Gasteiger partial charge < -0.3 is 19.6 Å². The standard InChI is InChI=1S/C13H20N4O4/c1-16(8-10-6-14-15-7-10)13(20)17-4-2-11(3-5-17)21-9-12(18)19/h6-7,11H,2-5,8-9H2,1H3,(H,14,15)(H,18,19). The van der Waals surface area contributed by atoms with Crippen molar-refractivity contribution in [1.29, 1.82) is 0 Å². The van der Waals surface area contributed by atoms with E-state index in [2.05, 4.69) is 10.2 Å². The summed E-state index contributed by atoms with van der Waals surface area (Å²) in [7, 11) is 1.75. The van der Waals surface area contributed by atoms with Gasteiger partial charge >= 0.3 is 12.0 Å². The van der Waals surface area contributed by atoms with Gasteiger partial charge in [-0.05, 0) is 12.8 Å². The monoisotopic (exact) mass is 296 g/mol. The topological polar surface area (TPSA) is 98.8 Å². The number of nitrogens with one attached hydrogen (secondary N) is 1. The van der Waals surface area contributed by atoms with E-state index in [-0.39, 0.29) is 18.7 Å². The van der Waals surface area contributed by atoms with Gasteiger partial charge in [0.05, 0.1) is 18.8 Å². The number of likely N-dealkylation sites (tertiary alicyclic amines) is 1. The lowest BCUT2D eigenvalue weighted by atomic mass is 10.1. The second-order valence-corrected chi connectivity index (χ2v) is 5.14. The molecular weight excluding hydrogens is 276 g/mol. The van der Waals surface area contributed by atoms with Crippen molar-refractivity contribution in [3.8, 4) is 0 Å². The molecule has 2 amide bonds. The molecule has 0 radical (unpaired) electrons. The summed E-state index contributed by atoms with van der Waals surface area (Å²) in [5.74, 6) is -0.964. The number of aromatic amines is 1. The summed E-state index contributed by atoms with van der Waals surface area (Å²) in [5, 5.41) is 15.1. The highest BCUT2D eigenvalue weighted by molar-refractivity contribution is 5.74. The molecule has 0 unspecified atom stereocenters. The normalized spacial score (nSPS) is 16.0. The Bertz CT molecular complexity index is 469. The zero-order valence-corrected chi connectivity index (χ0v) is 12.0. The molecule has 8 nitrogen and oxygen atoms in total. The summed E-state index contributed by atoms with van der Waals surface area (Å²) in [6.07, 6.45) is 4.70. The summed E-state index contributed by atoms with van der Waals surface area (Å²) in [6.45, 7) is 1.39. The number of urea groups is 1. The lowest BCUT2D eigenvalue weighted by Crippen LogP contribution is -2.46. The number of rotatable bonds is 5. The molecule has 1 aliphatic rings. The van der Waals surface area contributed by atoms with Crippen molar-refractivity contribution in [1.82, 2.24) is 20.0 Å². The van der Waals surface area contributed by atoms with Crippen LogP contribution >= 0.6 is 0 Å². The first-order valence-corrected chi connectivity index (χ1v) is 6.87. The van der Waals surface area contributed by atoms with Gasteiger partial charge in [0.25, 0.3) is 0 Å². The van der Waals surface area contributed by atoms with Crippen LogP contribution < -0.4 is 0 Å². The van der Waals surface area contributed by atoms with E-state index in [4.69, 9.17) is 9.84 Å². The predicted molar refractivity (Wildman–Crippen MR) is 73.6 cm³/mol. The van der Waals surface area contributed by atoms with Gasteiger partial charge in [-0.2, -0.15) is 5.10 Å². The lowest BCUT2D eigenvalue weighted by molar-refractivity contribution is -0.145. The van der Waals surface area contributed by atoms with Crippen LogP contribution in [0.2, 0.25) is 0 Å². The van der Waals surface area contributed by atoms with Crippen molar-refractivity contribution < 1.29 is 19.4 Å². The number of H-pyrrole nitrogens is 1. The summed E-state index contributed by atoms with van der Waals surface area (Å²) in [5.41, 5.74) is 0.950. The number of ether oxygens (including phenoxy) is 1. The van der Waals surface area contributed by atoms with Crippen molar-refractivity contribution >= 4 is 12.0 Å². The summed E-state index contributed by atoms with van der Waals surface area (Å²) in [4.78, 5) is 26.1. The Hall–Kier alpha value is -2.09. The Morgan fingerprint density at radius 3 is 2.81 bits per heavy atom. The third-order valence-electron chi connectivity index (χ3n) is 3.46. The van der Waals surface area contributed by atoms with Gasteiger partial charge in [-0.25, -0.2) is 9.59 Å². The van der Waals surface area contributed by atoms with Gasteiger partial charge in [0.2, 0.25) is 0 Å². The molecule has 0 spiro atoms. The highest BCUT2D eigenvalue weighted by atomic mass is 16.5. The van der Waals surface area contributed by atoms with Gasteiger partial charge in [0.1, 0.15) is 6.61 Å². The molecule has 0 aliphatic carbocycles. The van der Waals surface area contributed by atoms with Crippen molar-refractivity contribution in [2.75, 3.05) is 26.7 Å². The number of carboxylic acids is 1. The molecule has 0 bridgehead atoms. The molecule has 2 rings (SSSR count). The van der Waals surface area contributed by atoms with Crippen molar-refractivity contribution in [2.45, 2.75) is 25.5 Å². The van der Waals surface area contributed by atoms with E-state index in [0.717, 1.165) is 5.56 Å². The number of hydrogen-bond acceptors (Lipinski definition) is 4. The molecule has 1 aromatic heterocycles. The van der Waals surface area contributed by atoms with E-state index in [9.17, 15) is 9.59 Å². The molecule has 1 fully saturated rings. The van der Waals surface area contributed by atoms with Crippen molar-refractivity contribution in [2.24, 2.45) is 0 Å². The molecule has 0 aromatic carbocycles. The highest BCUT2D eigenvalue weighted by Crippen LogP contribution is 2.15. The van der Waals surface area contributed by atoms with E-state index < -0.39 is 5.97 Å². The Morgan fingerprint density at radius 2 is 2.24 bits per heavy atom. The van der Waals surface area contributed by atoms with E-state index >= 15 is 0 Å². The van der Waals surface area contributed by atoms with Gasteiger partial charge in [-0.15, -0.1) is 0 Å². The molecule has 2 N–H and O–H groups in total. The quantitative estimate of drug-likeness (QED) is 0.825. The maximum atomic E-state index is 12.3. The molecule has 1 aliphatic heterocycles. The van der Waals surface area contributed by atoms with E-state index in [1.165, 1.54) is 0 Å². The average Bonchev–Trinajstić information content (AvgIpc) is 2.97. The van der Waals surface area contributed by atoms with Crippen LogP contribution in [0.3, 0.4) is 0 Å². The second-order valence-electron chi connectivity index (χ2n) is 5.14. The van der Waals surface area contributed by atoms with Gasteiger partial charge in [-0.3, -0.25) is 5.10 Å². The Kier molecular flexibility index (Phi) is 5.15. The zero-order valence-electron chi connectivity index (χ0n) is 12.0. The van der Waals surface area contributed by atoms with Crippen LogP contribution in [0.5, 0.6) is 0 Å². The van der Waals surface area contributed by atoms with E-state index in [1.807, 2.05) is 0 Å². The van der Waals surface area contributed by atoms with Crippen molar-refractivity contribution in [3.05, 3.63) is 18.0 Å². The first-order valence-electron chi connectivity index (χ1n) is 6.87. The summed E-state index contributed by atoms with van der Waals surface area (Å²) < 4.78 is 5.25. The van der Waals surface area contributed by atoms with Crippen LogP contribution in [0.15, 0.2) is 12.4 Å². The number of aliphatic carboxylic acids is 1. The largest absolute Gasteiger partial charge is 0.480 e. The second kappa shape index (κ2) is 7.07. The molecule has 1 saturated heterocycles. The maximum Gasteiger partial charge on any atom is 0.329 e. The van der Waals surface area contributed by atoms with Gasteiger partial charge in [-0.1, -0.05) is 0 Å². The SMILES string of the molecule is CN(Cc1cn[nH]c1)C(=O)N1CCC(OCC(=O)O)CC1. The Morgan fingerprint density at radius 1 is 1.52 bits per heavy atom. The number of carbonyl (C=O) groups is 2. The third-order valence-corrected chi connectivity index (χ3v) is 3.46. The fourth-order valence-electron chi connectivity index (χ4n) is 2.35. The van der Waals surface area contributed by atoms with Gasteiger partial charge in [0, 0.05) is 31.9 Å². The highest BCUT2D eigenvalue weighted by Gasteiger charge is 2.25. The van der Waals surface area contributed by atoms with Crippen molar-refractivity contribution in [3.63, 3.8) is 0 Å². The number of hydrogen-bond donors (Lipinski definition) is 2. The molecule has 21 heavy (non-hydrogen) atoms. The Labute approximate surface area is 122 Å². The minimum Gasteiger partial charge on any atom is -0.480 e. The summed E-state index contributed by atoms with van der Waals surface area (Å²) in [6, 6.07) is -0.0344. The number of carbonyl (C=O) groups excluding carboxylic acids is 1. The number of nitrogens with zero attached hydrogens (tertiary/aromatic N) is 3. The van der Waals surface area contributed by atoms with Crippen LogP contribution in [-0.4, -0.2) is 70.0 Å². The van der Waals surface area contributed by atoms with E-state index in [0.29, 0.717) is 32.5 Å². The molecule has 1 aromatic rings. The van der Waals surface area contributed by atoms with Crippen LogP contribution in [0, 0.1) is 0 Å². The van der Waals surface area contributed by atoms with Crippen LogP contribution in [0.4, 0.5) is 4.79 Å². The average molecular weight is 296 g/mol. The summed E-state index contributed by atoms with van der Waals surface area (Å²) >= 11 is 0. The van der Waals surface area contributed by atoms with Crippen LogP contribution in [0.25, 0.3) is 0 Å². The molecular formula is C13H20N4O4. The minimum atomic E-state index is -0.964. The number of carboxylic acid groups (broad SMARTS) is 1. The Balaban J connectivity index is 1.76. The smallest absolute Gasteiger partial charge is 0.329 e. The molecule has 0 atom stereocenters. The predicted octanol–water partition coefficient (Wildman–Crippen LogP) is 0.527. The zero-order chi connectivity index (χ0) is 15.2. The first kappa shape index (κ1) is 15.3. The van der Waals surface area contributed by atoms with E-state index in [1.54, 1.807) is 29.2 Å². The molecule has 116 valence electrons.